The fourth-order valence-corrected chi connectivity index (χ4v) is 3.74. The van der Waals surface area contributed by atoms with Gasteiger partial charge in [0.1, 0.15) is 11.5 Å². The minimum absolute atomic E-state index is 0.0531. The molecule has 1 amide bonds. The molecule has 0 atom stereocenters. The lowest BCUT2D eigenvalue weighted by atomic mass is 9.81. The van der Waals surface area contributed by atoms with Gasteiger partial charge in [0.05, 0.1) is 11.4 Å². The summed E-state index contributed by atoms with van der Waals surface area (Å²) in [5, 5.41) is 12.9. The Bertz CT molecular complexity index is 1020. The SMILES string of the molecule is O=C(O)C1CCC(C(=O)Nc2ccc(Oc3ccnc4ccccc34)cc2)CC1. The van der Waals surface area contributed by atoms with Crippen LogP contribution >= 0.6 is 0 Å². The summed E-state index contributed by atoms with van der Waals surface area (Å²) in [6.45, 7) is 0. The molecule has 1 heterocycles. The number of pyridine rings is 1. The third-order valence-corrected chi connectivity index (χ3v) is 5.41. The number of carbonyl (C=O) groups excluding carboxylic acids is 1. The predicted molar refractivity (Wildman–Crippen MR) is 110 cm³/mol. The number of rotatable bonds is 5. The zero-order chi connectivity index (χ0) is 20.2. The molecule has 0 saturated heterocycles. The lowest BCUT2D eigenvalue weighted by Crippen LogP contribution is -2.29. The van der Waals surface area contributed by atoms with Crippen LogP contribution in [0.1, 0.15) is 25.7 Å². The largest absolute Gasteiger partial charge is 0.481 e. The van der Waals surface area contributed by atoms with E-state index in [1.54, 1.807) is 18.3 Å². The second-order valence-corrected chi connectivity index (χ2v) is 7.33. The summed E-state index contributed by atoms with van der Waals surface area (Å²) < 4.78 is 5.99. The molecule has 1 saturated carbocycles. The van der Waals surface area contributed by atoms with Crippen LogP contribution in [0, 0.1) is 11.8 Å². The highest BCUT2D eigenvalue weighted by Gasteiger charge is 2.29. The van der Waals surface area contributed by atoms with Crippen molar-refractivity contribution in [3.8, 4) is 11.5 Å². The van der Waals surface area contributed by atoms with Crippen molar-refractivity contribution < 1.29 is 19.4 Å². The van der Waals surface area contributed by atoms with Gasteiger partial charge in [0.25, 0.3) is 0 Å². The summed E-state index contributed by atoms with van der Waals surface area (Å²) >= 11 is 0. The quantitative estimate of drug-likeness (QED) is 0.650. The van der Waals surface area contributed by atoms with Gasteiger partial charge < -0.3 is 15.2 Å². The van der Waals surface area contributed by atoms with Crippen LogP contribution in [0.4, 0.5) is 5.69 Å². The highest BCUT2D eigenvalue weighted by molar-refractivity contribution is 5.92. The lowest BCUT2D eigenvalue weighted by molar-refractivity contribution is -0.143. The lowest BCUT2D eigenvalue weighted by Gasteiger charge is -2.25. The number of aliphatic carboxylic acids is 1. The van der Waals surface area contributed by atoms with Gasteiger partial charge in [-0.05, 0) is 68.1 Å². The molecule has 1 fully saturated rings. The van der Waals surface area contributed by atoms with Crippen LogP contribution in [-0.2, 0) is 9.59 Å². The molecule has 1 aliphatic rings. The van der Waals surface area contributed by atoms with Gasteiger partial charge >= 0.3 is 5.97 Å². The summed E-state index contributed by atoms with van der Waals surface area (Å²) in [6.07, 6.45) is 4.05. The van der Waals surface area contributed by atoms with E-state index < -0.39 is 5.97 Å². The molecule has 29 heavy (non-hydrogen) atoms. The van der Waals surface area contributed by atoms with Crippen LogP contribution in [0.2, 0.25) is 0 Å². The van der Waals surface area contributed by atoms with Gasteiger partial charge in [-0.2, -0.15) is 0 Å². The number of aromatic nitrogens is 1. The molecule has 2 aromatic carbocycles. The summed E-state index contributed by atoms with van der Waals surface area (Å²) in [4.78, 5) is 27.8. The average molecular weight is 390 g/mol. The maximum absolute atomic E-state index is 12.5. The Kier molecular flexibility index (Phi) is 5.42. The zero-order valence-electron chi connectivity index (χ0n) is 15.9. The number of ether oxygens (including phenoxy) is 1. The number of fused-ring (bicyclic) bond motifs is 1. The van der Waals surface area contributed by atoms with Gasteiger partial charge in [0, 0.05) is 23.2 Å². The van der Waals surface area contributed by atoms with Gasteiger partial charge in [-0.3, -0.25) is 14.6 Å². The van der Waals surface area contributed by atoms with Crippen LogP contribution in [0.15, 0.2) is 60.8 Å². The van der Waals surface area contributed by atoms with Crippen LogP contribution in [-0.4, -0.2) is 22.0 Å². The molecule has 2 N–H and O–H groups in total. The van der Waals surface area contributed by atoms with Crippen molar-refractivity contribution in [1.29, 1.82) is 0 Å². The number of carboxylic acids is 1. The molecule has 1 aromatic heterocycles. The first-order valence-electron chi connectivity index (χ1n) is 9.75. The molecular formula is C23H22N2O4. The van der Waals surface area contributed by atoms with E-state index in [0.29, 0.717) is 37.1 Å². The van der Waals surface area contributed by atoms with Crippen molar-refractivity contribution in [3.05, 3.63) is 60.8 Å². The first-order valence-corrected chi connectivity index (χ1v) is 9.75. The fourth-order valence-electron chi connectivity index (χ4n) is 3.74. The van der Waals surface area contributed by atoms with Crippen molar-refractivity contribution in [2.24, 2.45) is 11.8 Å². The van der Waals surface area contributed by atoms with E-state index in [4.69, 9.17) is 9.84 Å². The molecule has 0 spiro atoms. The summed E-state index contributed by atoms with van der Waals surface area (Å²) in [7, 11) is 0. The molecule has 0 aliphatic heterocycles. The predicted octanol–water partition coefficient (Wildman–Crippen LogP) is 4.86. The van der Waals surface area contributed by atoms with Crippen LogP contribution in [0.5, 0.6) is 11.5 Å². The number of hydrogen-bond donors (Lipinski definition) is 2. The summed E-state index contributed by atoms with van der Waals surface area (Å²) in [6, 6.07) is 16.8. The summed E-state index contributed by atoms with van der Waals surface area (Å²) in [5.74, 6) is 0.123. The number of carboxylic acid groups (broad SMARTS) is 1. The van der Waals surface area contributed by atoms with E-state index in [2.05, 4.69) is 10.3 Å². The Labute approximate surface area is 168 Å². The minimum Gasteiger partial charge on any atom is -0.481 e. The Morgan fingerprint density at radius 3 is 2.34 bits per heavy atom. The molecule has 1 aliphatic carbocycles. The second kappa shape index (κ2) is 8.31. The number of hydrogen-bond acceptors (Lipinski definition) is 4. The highest BCUT2D eigenvalue weighted by Crippen LogP contribution is 2.31. The number of nitrogens with zero attached hydrogens (tertiary/aromatic N) is 1. The molecule has 6 heteroatoms. The monoisotopic (exact) mass is 390 g/mol. The normalized spacial score (nSPS) is 18.9. The summed E-state index contributed by atoms with van der Waals surface area (Å²) in [5.41, 5.74) is 1.56. The number of anilines is 1. The number of amides is 1. The smallest absolute Gasteiger partial charge is 0.306 e. The van der Waals surface area contributed by atoms with E-state index in [1.807, 2.05) is 42.5 Å². The fraction of sp³-hybridized carbons (Fsp3) is 0.261. The molecule has 0 unspecified atom stereocenters. The Morgan fingerprint density at radius 1 is 0.931 bits per heavy atom. The van der Waals surface area contributed by atoms with Crippen molar-refractivity contribution in [2.45, 2.75) is 25.7 Å². The van der Waals surface area contributed by atoms with E-state index in [-0.39, 0.29) is 17.7 Å². The van der Waals surface area contributed by atoms with E-state index >= 15 is 0 Å². The van der Waals surface area contributed by atoms with Crippen LogP contribution < -0.4 is 10.1 Å². The first-order chi connectivity index (χ1) is 14.1. The first kappa shape index (κ1) is 18.9. The molecular weight excluding hydrogens is 368 g/mol. The second-order valence-electron chi connectivity index (χ2n) is 7.33. The molecule has 0 bridgehead atoms. The Hall–Kier alpha value is -3.41. The molecule has 0 radical (unpaired) electrons. The van der Waals surface area contributed by atoms with E-state index in [0.717, 1.165) is 16.7 Å². The minimum atomic E-state index is -0.763. The van der Waals surface area contributed by atoms with Crippen LogP contribution in [0.3, 0.4) is 0 Å². The van der Waals surface area contributed by atoms with Gasteiger partial charge in [-0.25, -0.2) is 0 Å². The van der Waals surface area contributed by atoms with Gasteiger partial charge in [-0.1, -0.05) is 12.1 Å². The topological polar surface area (TPSA) is 88.5 Å². The Morgan fingerprint density at radius 2 is 1.62 bits per heavy atom. The van der Waals surface area contributed by atoms with Gasteiger partial charge in [0.15, 0.2) is 0 Å². The van der Waals surface area contributed by atoms with Gasteiger partial charge in [-0.15, -0.1) is 0 Å². The van der Waals surface area contributed by atoms with E-state index in [9.17, 15) is 9.59 Å². The van der Waals surface area contributed by atoms with Crippen molar-refractivity contribution in [2.75, 3.05) is 5.32 Å². The highest BCUT2D eigenvalue weighted by atomic mass is 16.5. The maximum atomic E-state index is 12.5. The average Bonchev–Trinajstić information content (AvgIpc) is 2.75. The Balaban J connectivity index is 1.38. The van der Waals surface area contributed by atoms with Crippen molar-refractivity contribution >= 4 is 28.5 Å². The number of benzene rings is 2. The molecule has 6 nitrogen and oxygen atoms in total. The zero-order valence-corrected chi connectivity index (χ0v) is 15.9. The molecule has 148 valence electrons. The number of para-hydroxylation sites is 1. The van der Waals surface area contributed by atoms with Crippen molar-refractivity contribution in [1.82, 2.24) is 4.98 Å². The van der Waals surface area contributed by atoms with Gasteiger partial charge in [0.2, 0.25) is 5.91 Å². The van der Waals surface area contributed by atoms with E-state index in [1.165, 1.54) is 0 Å². The standard InChI is InChI=1S/C23H22N2O4/c26-22(15-5-7-16(8-6-15)23(27)28)25-17-9-11-18(12-10-17)29-21-13-14-24-20-4-2-1-3-19(20)21/h1-4,9-16H,5-8H2,(H,25,26)(H,27,28). The van der Waals surface area contributed by atoms with Crippen LogP contribution in [0.25, 0.3) is 10.9 Å². The maximum Gasteiger partial charge on any atom is 0.306 e. The van der Waals surface area contributed by atoms with Crippen molar-refractivity contribution in [3.63, 3.8) is 0 Å². The number of carbonyl (C=O) groups is 2. The third-order valence-electron chi connectivity index (χ3n) is 5.41. The third kappa shape index (κ3) is 4.37. The molecule has 4 rings (SSSR count). The molecule has 3 aromatic rings. The number of nitrogens with one attached hydrogen (secondary N) is 1.